The zero-order chi connectivity index (χ0) is 17.7. The number of rotatable bonds is 3. The van der Waals surface area contributed by atoms with E-state index in [9.17, 15) is 14.0 Å². The van der Waals surface area contributed by atoms with Crippen LogP contribution in [0.15, 0.2) is 30.3 Å². The Labute approximate surface area is 140 Å². The molecule has 1 aromatic rings. The van der Waals surface area contributed by atoms with Crippen LogP contribution in [0.1, 0.15) is 26.3 Å². The van der Waals surface area contributed by atoms with Gasteiger partial charge in [-0.15, -0.1) is 0 Å². The van der Waals surface area contributed by atoms with Gasteiger partial charge in [-0.3, -0.25) is 0 Å². The number of nitrogens with zero attached hydrogens (tertiary/aromatic N) is 1. The number of halogens is 1. The highest BCUT2D eigenvalue weighted by atomic mass is 19.1. The number of nitrogens with one attached hydrogen (secondary N) is 1. The smallest absolute Gasteiger partial charge is 0.410 e. The molecule has 0 saturated carbocycles. The molecule has 1 aliphatic heterocycles. The molecule has 2 atom stereocenters. The van der Waals surface area contributed by atoms with Crippen molar-refractivity contribution >= 4 is 12.2 Å². The van der Waals surface area contributed by atoms with Crippen LogP contribution in [0.3, 0.4) is 0 Å². The number of hydrogen-bond acceptors (Lipinski definition) is 4. The van der Waals surface area contributed by atoms with Gasteiger partial charge in [0.2, 0.25) is 0 Å². The summed E-state index contributed by atoms with van der Waals surface area (Å²) in [7, 11) is 0. The molecule has 0 bridgehead atoms. The fourth-order valence-electron chi connectivity index (χ4n) is 2.29. The molecule has 24 heavy (non-hydrogen) atoms. The Kier molecular flexibility index (Phi) is 5.64. The SMILES string of the molecule is CC(C)(C)OC(=O)N1CC(F)C(NC(=O)OCc2ccccc2)C1. The van der Waals surface area contributed by atoms with Gasteiger partial charge in [0.1, 0.15) is 18.4 Å². The minimum Gasteiger partial charge on any atom is -0.445 e. The quantitative estimate of drug-likeness (QED) is 0.920. The maximum absolute atomic E-state index is 14.0. The molecule has 2 unspecified atom stereocenters. The van der Waals surface area contributed by atoms with Crippen molar-refractivity contribution in [2.45, 2.75) is 45.2 Å². The first-order valence-corrected chi connectivity index (χ1v) is 7.84. The molecule has 1 aliphatic rings. The van der Waals surface area contributed by atoms with Crippen LogP contribution in [-0.4, -0.2) is 48.0 Å². The highest BCUT2D eigenvalue weighted by Gasteiger charge is 2.38. The van der Waals surface area contributed by atoms with E-state index in [2.05, 4.69) is 5.32 Å². The molecule has 7 heteroatoms. The molecular weight excluding hydrogens is 315 g/mol. The minimum absolute atomic E-state index is 0.0521. The molecule has 1 aromatic carbocycles. The predicted molar refractivity (Wildman–Crippen MR) is 86.3 cm³/mol. The number of ether oxygens (including phenoxy) is 2. The van der Waals surface area contributed by atoms with Crippen molar-refractivity contribution in [3.63, 3.8) is 0 Å². The normalized spacial score (nSPS) is 20.6. The van der Waals surface area contributed by atoms with Crippen LogP contribution in [0.25, 0.3) is 0 Å². The van der Waals surface area contributed by atoms with Crippen LogP contribution >= 0.6 is 0 Å². The number of benzene rings is 1. The van der Waals surface area contributed by atoms with Crippen LogP contribution in [0, 0.1) is 0 Å². The lowest BCUT2D eigenvalue weighted by atomic mass is 10.2. The summed E-state index contributed by atoms with van der Waals surface area (Å²) in [5, 5.41) is 2.46. The van der Waals surface area contributed by atoms with Crippen molar-refractivity contribution in [1.82, 2.24) is 10.2 Å². The predicted octanol–water partition coefficient (Wildman–Crippen LogP) is 2.87. The summed E-state index contributed by atoms with van der Waals surface area (Å²) in [5.41, 5.74) is 0.189. The van der Waals surface area contributed by atoms with Gasteiger partial charge in [-0.05, 0) is 26.3 Å². The molecule has 132 valence electrons. The average Bonchev–Trinajstić information content (AvgIpc) is 2.86. The first-order chi connectivity index (χ1) is 11.2. The molecule has 0 radical (unpaired) electrons. The van der Waals surface area contributed by atoms with E-state index in [1.54, 1.807) is 20.8 Å². The second-order valence-electron chi connectivity index (χ2n) is 6.71. The molecule has 6 nitrogen and oxygen atoms in total. The van der Waals surface area contributed by atoms with Crippen molar-refractivity contribution in [3.8, 4) is 0 Å². The van der Waals surface area contributed by atoms with Crippen molar-refractivity contribution in [2.24, 2.45) is 0 Å². The van der Waals surface area contributed by atoms with E-state index < -0.39 is 30.0 Å². The highest BCUT2D eigenvalue weighted by Crippen LogP contribution is 2.18. The topological polar surface area (TPSA) is 67.9 Å². The third kappa shape index (κ3) is 5.40. The average molecular weight is 338 g/mol. The highest BCUT2D eigenvalue weighted by molar-refractivity contribution is 5.70. The van der Waals surface area contributed by atoms with Crippen LogP contribution in [-0.2, 0) is 16.1 Å². The molecule has 0 aromatic heterocycles. The van der Waals surface area contributed by atoms with E-state index in [0.29, 0.717) is 0 Å². The first-order valence-electron chi connectivity index (χ1n) is 7.84. The molecule has 2 rings (SSSR count). The Morgan fingerprint density at radius 3 is 2.54 bits per heavy atom. The molecule has 0 spiro atoms. The van der Waals surface area contributed by atoms with E-state index in [1.807, 2.05) is 30.3 Å². The maximum Gasteiger partial charge on any atom is 0.410 e. The summed E-state index contributed by atoms with van der Waals surface area (Å²) in [6.45, 7) is 5.26. The fourth-order valence-corrected chi connectivity index (χ4v) is 2.29. The first kappa shape index (κ1) is 18.0. The summed E-state index contributed by atoms with van der Waals surface area (Å²) in [5.74, 6) is 0. The third-order valence-corrected chi connectivity index (χ3v) is 3.42. The Morgan fingerprint density at radius 2 is 1.92 bits per heavy atom. The molecule has 1 fully saturated rings. The standard InChI is InChI=1S/C17H23FN2O4/c1-17(2,3)24-16(22)20-9-13(18)14(10-20)19-15(21)23-11-12-7-5-4-6-8-12/h4-8,13-14H,9-11H2,1-3H3,(H,19,21). The number of hydrogen-bond donors (Lipinski definition) is 1. The number of amides is 2. The Balaban J connectivity index is 1.80. The number of alkyl halides is 1. The third-order valence-electron chi connectivity index (χ3n) is 3.42. The molecular formula is C17H23FN2O4. The van der Waals surface area contributed by atoms with Gasteiger partial charge in [-0.1, -0.05) is 30.3 Å². The van der Waals surface area contributed by atoms with Crippen LogP contribution in [0.4, 0.5) is 14.0 Å². The zero-order valence-corrected chi connectivity index (χ0v) is 14.1. The number of alkyl carbamates (subject to hydrolysis) is 1. The van der Waals surface area contributed by atoms with Crippen molar-refractivity contribution in [1.29, 1.82) is 0 Å². The summed E-state index contributed by atoms with van der Waals surface area (Å²) in [4.78, 5) is 25.0. The van der Waals surface area contributed by atoms with E-state index in [4.69, 9.17) is 9.47 Å². The van der Waals surface area contributed by atoms with Crippen molar-refractivity contribution in [3.05, 3.63) is 35.9 Å². The number of carbonyl (C=O) groups excluding carboxylic acids is 2. The molecule has 0 aliphatic carbocycles. The van der Waals surface area contributed by atoms with Gasteiger partial charge < -0.3 is 19.7 Å². The van der Waals surface area contributed by atoms with E-state index in [-0.39, 0.29) is 19.7 Å². The van der Waals surface area contributed by atoms with E-state index in [1.165, 1.54) is 4.90 Å². The lowest BCUT2D eigenvalue weighted by molar-refractivity contribution is 0.0281. The summed E-state index contributed by atoms with van der Waals surface area (Å²) in [6, 6.07) is 8.38. The van der Waals surface area contributed by atoms with Gasteiger partial charge in [0.15, 0.2) is 0 Å². The van der Waals surface area contributed by atoms with Crippen LogP contribution in [0.5, 0.6) is 0 Å². The van der Waals surface area contributed by atoms with Gasteiger partial charge in [0.25, 0.3) is 0 Å². The van der Waals surface area contributed by atoms with Gasteiger partial charge in [-0.25, -0.2) is 14.0 Å². The number of carbonyl (C=O) groups is 2. The molecule has 2 amide bonds. The van der Waals surface area contributed by atoms with Crippen LogP contribution in [0.2, 0.25) is 0 Å². The zero-order valence-electron chi connectivity index (χ0n) is 14.1. The monoisotopic (exact) mass is 338 g/mol. The second-order valence-corrected chi connectivity index (χ2v) is 6.71. The summed E-state index contributed by atoms with van der Waals surface area (Å²) >= 11 is 0. The summed E-state index contributed by atoms with van der Waals surface area (Å²) in [6.07, 6.45) is -2.66. The van der Waals surface area contributed by atoms with E-state index in [0.717, 1.165) is 5.56 Å². The summed E-state index contributed by atoms with van der Waals surface area (Å²) < 4.78 is 24.3. The largest absolute Gasteiger partial charge is 0.445 e. The van der Waals surface area contributed by atoms with Crippen molar-refractivity contribution < 1.29 is 23.5 Å². The fraction of sp³-hybridized carbons (Fsp3) is 0.529. The van der Waals surface area contributed by atoms with Gasteiger partial charge in [0.05, 0.1) is 12.6 Å². The minimum atomic E-state index is -1.36. The second kappa shape index (κ2) is 7.51. The Hall–Kier alpha value is -2.31. The number of likely N-dealkylation sites (tertiary alicyclic amines) is 1. The van der Waals surface area contributed by atoms with Gasteiger partial charge in [0, 0.05) is 6.54 Å². The maximum atomic E-state index is 14.0. The lowest BCUT2D eigenvalue weighted by Crippen LogP contribution is -2.42. The molecule has 1 N–H and O–H groups in total. The Morgan fingerprint density at radius 1 is 1.25 bits per heavy atom. The molecule has 1 saturated heterocycles. The van der Waals surface area contributed by atoms with E-state index >= 15 is 0 Å². The van der Waals surface area contributed by atoms with Crippen LogP contribution < -0.4 is 5.32 Å². The molecule has 1 heterocycles. The van der Waals surface area contributed by atoms with Gasteiger partial charge in [-0.2, -0.15) is 0 Å². The van der Waals surface area contributed by atoms with Crippen molar-refractivity contribution in [2.75, 3.05) is 13.1 Å². The van der Waals surface area contributed by atoms with Gasteiger partial charge >= 0.3 is 12.2 Å². The Bertz CT molecular complexity index is 574. The lowest BCUT2D eigenvalue weighted by Gasteiger charge is -2.24.